The Morgan fingerprint density at radius 2 is 1.75 bits per heavy atom. The second kappa shape index (κ2) is 9.22. The average Bonchev–Trinajstić information content (AvgIpc) is 3.20. The Morgan fingerprint density at radius 3 is 2.46 bits per heavy atom. The van der Waals surface area contributed by atoms with Crippen LogP contribution in [0.1, 0.15) is 16.3 Å². The quantitative estimate of drug-likeness (QED) is 0.333. The van der Waals surface area contributed by atoms with Crippen LogP contribution < -0.4 is 15.4 Å². The highest BCUT2D eigenvalue weighted by Gasteiger charge is 2.11. The van der Waals surface area contributed by atoms with E-state index in [0.717, 1.165) is 11.4 Å². The Kier molecular flexibility index (Phi) is 6.25. The molecule has 0 aliphatic carbocycles. The maximum absolute atomic E-state index is 12.1. The first-order valence-electron chi connectivity index (χ1n) is 8.65. The van der Waals surface area contributed by atoms with Gasteiger partial charge in [-0.15, -0.1) is 0 Å². The number of nitrogens with zero attached hydrogens (tertiary/aromatic N) is 1. The van der Waals surface area contributed by atoms with E-state index in [0.29, 0.717) is 18.8 Å². The molecule has 0 bridgehead atoms. The number of rotatable bonds is 9. The molecular weight excluding hydrogens is 362 g/mol. The number of carbonyl (C=O) groups excluding carboxylic acids is 1. The van der Waals surface area contributed by atoms with Crippen molar-refractivity contribution in [3.05, 3.63) is 88.4 Å². The van der Waals surface area contributed by atoms with Crippen molar-refractivity contribution >= 4 is 17.3 Å². The van der Waals surface area contributed by atoms with Gasteiger partial charge < -0.3 is 19.8 Å². The van der Waals surface area contributed by atoms with Crippen LogP contribution >= 0.6 is 0 Å². The van der Waals surface area contributed by atoms with Crippen LogP contribution in [-0.2, 0) is 6.61 Å². The van der Waals surface area contributed by atoms with E-state index in [1.807, 2.05) is 30.3 Å². The number of nitrogens with one attached hydrogen (secondary N) is 2. The van der Waals surface area contributed by atoms with Crippen LogP contribution in [0.5, 0.6) is 5.75 Å². The molecule has 8 heteroatoms. The number of benzene rings is 2. The molecule has 1 aromatic heterocycles. The summed E-state index contributed by atoms with van der Waals surface area (Å²) in [5, 5.41) is 16.4. The number of para-hydroxylation sites is 1. The topological polar surface area (TPSA) is 107 Å². The standard InChI is InChI=1S/C20H19N3O5/c24-20(22-13-12-21-15-6-8-16(9-7-15)23(25)26)19-11-10-18(28-19)14-27-17-4-2-1-3-5-17/h1-11,21H,12-14H2,(H,22,24). The van der Waals surface area contributed by atoms with E-state index in [2.05, 4.69) is 10.6 Å². The third-order valence-electron chi connectivity index (χ3n) is 3.83. The number of non-ortho nitro benzene ring substituents is 1. The maximum Gasteiger partial charge on any atom is 0.287 e. The monoisotopic (exact) mass is 381 g/mol. The number of nitro benzene ring substituents is 1. The predicted octanol–water partition coefficient (Wildman–Crippen LogP) is 3.61. The van der Waals surface area contributed by atoms with Crippen molar-refractivity contribution in [3.63, 3.8) is 0 Å². The van der Waals surface area contributed by atoms with Crippen molar-refractivity contribution < 1.29 is 18.9 Å². The van der Waals surface area contributed by atoms with Gasteiger partial charge in [0.05, 0.1) is 4.92 Å². The van der Waals surface area contributed by atoms with Crippen LogP contribution in [-0.4, -0.2) is 23.9 Å². The Morgan fingerprint density at radius 1 is 1.00 bits per heavy atom. The van der Waals surface area contributed by atoms with E-state index >= 15 is 0 Å². The molecule has 2 aromatic carbocycles. The number of amides is 1. The van der Waals surface area contributed by atoms with Gasteiger partial charge in [0.2, 0.25) is 0 Å². The molecular formula is C20H19N3O5. The van der Waals surface area contributed by atoms with Gasteiger partial charge in [0.25, 0.3) is 11.6 Å². The molecule has 0 radical (unpaired) electrons. The van der Waals surface area contributed by atoms with Gasteiger partial charge in [0.1, 0.15) is 18.1 Å². The lowest BCUT2D eigenvalue weighted by Gasteiger charge is -2.07. The SMILES string of the molecule is O=C(NCCNc1ccc([N+](=O)[O-])cc1)c1ccc(COc2ccccc2)o1. The molecule has 2 N–H and O–H groups in total. The van der Waals surface area contributed by atoms with Gasteiger partial charge in [-0.25, -0.2) is 0 Å². The Labute approximate surface area is 161 Å². The summed E-state index contributed by atoms with van der Waals surface area (Å²) in [6.07, 6.45) is 0. The first-order valence-corrected chi connectivity index (χ1v) is 8.65. The van der Waals surface area contributed by atoms with Crippen molar-refractivity contribution in [1.82, 2.24) is 5.32 Å². The lowest BCUT2D eigenvalue weighted by molar-refractivity contribution is -0.384. The van der Waals surface area contributed by atoms with Crippen LogP contribution in [0.15, 0.2) is 71.1 Å². The molecule has 1 amide bonds. The summed E-state index contributed by atoms with van der Waals surface area (Å²) in [5.41, 5.74) is 0.766. The predicted molar refractivity (Wildman–Crippen MR) is 103 cm³/mol. The normalized spacial score (nSPS) is 10.3. The molecule has 1 heterocycles. The maximum atomic E-state index is 12.1. The summed E-state index contributed by atoms with van der Waals surface area (Å²) in [4.78, 5) is 22.3. The summed E-state index contributed by atoms with van der Waals surface area (Å²) in [6.45, 7) is 1.07. The van der Waals surface area contributed by atoms with Crippen LogP contribution in [0.2, 0.25) is 0 Å². The van der Waals surface area contributed by atoms with E-state index in [4.69, 9.17) is 9.15 Å². The molecule has 144 valence electrons. The van der Waals surface area contributed by atoms with E-state index in [1.165, 1.54) is 12.1 Å². The summed E-state index contributed by atoms with van der Waals surface area (Å²) >= 11 is 0. The molecule has 0 saturated heterocycles. The second-order valence-corrected chi connectivity index (χ2v) is 5.85. The van der Waals surface area contributed by atoms with E-state index in [9.17, 15) is 14.9 Å². The Hall–Kier alpha value is -3.81. The zero-order chi connectivity index (χ0) is 19.8. The molecule has 8 nitrogen and oxygen atoms in total. The number of carbonyl (C=O) groups is 1. The van der Waals surface area contributed by atoms with Crippen molar-refractivity contribution in [2.75, 3.05) is 18.4 Å². The van der Waals surface area contributed by atoms with Crippen molar-refractivity contribution in [2.24, 2.45) is 0 Å². The van der Waals surface area contributed by atoms with Crippen molar-refractivity contribution in [2.45, 2.75) is 6.61 Å². The fourth-order valence-corrected chi connectivity index (χ4v) is 2.42. The molecule has 0 unspecified atom stereocenters. The minimum Gasteiger partial charge on any atom is -0.486 e. The van der Waals surface area contributed by atoms with Gasteiger partial charge in [-0.05, 0) is 36.4 Å². The number of ether oxygens (including phenoxy) is 1. The van der Waals surface area contributed by atoms with Crippen LogP contribution in [0.4, 0.5) is 11.4 Å². The highest BCUT2D eigenvalue weighted by Crippen LogP contribution is 2.15. The highest BCUT2D eigenvalue weighted by atomic mass is 16.6. The van der Waals surface area contributed by atoms with Gasteiger partial charge in [-0.1, -0.05) is 18.2 Å². The second-order valence-electron chi connectivity index (χ2n) is 5.85. The Bertz CT molecular complexity index is 923. The third kappa shape index (κ3) is 5.34. The lowest BCUT2D eigenvalue weighted by Crippen LogP contribution is -2.28. The van der Waals surface area contributed by atoms with Gasteiger partial charge >= 0.3 is 0 Å². The molecule has 0 atom stereocenters. The number of hydrogen-bond acceptors (Lipinski definition) is 6. The van der Waals surface area contributed by atoms with Crippen LogP contribution in [0, 0.1) is 10.1 Å². The van der Waals surface area contributed by atoms with Gasteiger partial charge in [-0.2, -0.15) is 0 Å². The smallest absolute Gasteiger partial charge is 0.287 e. The zero-order valence-corrected chi connectivity index (χ0v) is 15.0. The highest BCUT2D eigenvalue weighted by molar-refractivity contribution is 5.91. The van der Waals surface area contributed by atoms with E-state index in [-0.39, 0.29) is 24.0 Å². The molecule has 0 saturated carbocycles. The fraction of sp³-hybridized carbons (Fsp3) is 0.150. The first kappa shape index (κ1) is 19.0. The van der Waals surface area contributed by atoms with E-state index in [1.54, 1.807) is 24.3 Å². The zero-order valence-electron chi connectivity index (χ0n) is 15.0. The van der Waals surface area contributed by atoms with Crippen LogP contribution in [0.3, 0.4) is 0 Å². The fourth-order valence-electron chi connectivity index (χ4n) is 2.42. The summed E-state index contributed by atoms with van der Waals surface area (Å²) in [6, 6.07) is 18.7. The number of anilines is 1. The van der Waals surface area contributed by atoms with Gasteiger partial charge in [0, 0.05) is 30.9 Å². The molecule has 28 heavy (non-hydrogen) atoms. The number of hydrogen-bond donors (Lipinski definition) is 2. The van der Waals surface area contributed by atoms with Crippen LogP contribution in [0.25, 0.3) is 0 Å². The van der Waals surface area contributed by atoms with E-state index < -0.39 is 4.92 Å². The summed E-state index contributed by atoms with van der Waals surface area (Å²) in [7, 11) is 0. The molecule has 3 aromatic rings. The molecule has 0 fully saturated rings. The number of nitro groups is 1. The first-order chi connectivity index (χ1) is 13.6. The summed E-state index contributed by atoms with van der Waals surface area (Å²) < 4.78 is 11.1. The van der Waals surface area contributed by atoms with Crippen molar-refractivity contribution in [1.29, 1.82) is 0 Å². The molecule has 0 aliphatic rings. The van der Waals surface area contributed by atoms with Crippen molar-refractivity contribution in [3.8, 4) is 5.75 Å². The minimum atomic E-state index is -0.452. The van der Waals surface area contributed by atoms with Gasteiger partial charge in [-0.3, -0.25) is 14.9 Å². The molecule has 0 spiro atoms. The number of furan rings is 1. The van der Waals surface area contributed by atoms with Gasteiger partial charge in [0.15, 0.2) is 5.76 Å². The summed E-state index contributed by atoms with van der Waals surface area (Å²) in [5.74, 6) is 1.17. The Balaban J connectivity index is 1.40. The molecule has 3 rings (SSSR count). The third-order valence-corrected chi connectivity index (χ3v) is 3.83. The minimum absolute atomic E-state index is 0.0312. The largest absolute Gasteiger partial charge is 0.486 e. The molecule has 0 aliphatic heterocycles. The average molecular weight is 381 g/mol. The lowest BCUT2D eigenvalue weighted by atomic mass is 10.3.